The van der Waals surface area contributed by atoms with Crippen molar-refractivity contribution in [2.45, 2.75) is 39.7 Å². The van der Waals surface area contributed by atoms with Crippen molar-refractivity contribution in [3.8, 4) is 5.75 Å². The largest absolute Gasteiger partial charge is 0.507 e. The first-order valence-corrected chi connectivity index (χ1v) is 10.9. The molecule has 1 N–H and O–H groups in total. The molecule has 0 spiro atoms. The van der Waals surface area contributed by atoms with Crippen LogP contribution in [0, 0.1) is 13.8 Å². The number of ketones is 1. The van der Waals surface area contributed by atoms with Gasteiger partial charge in [-0.1, -0.05) is 32.0 Å². The number of aliphatic hydroxyl groups excluding tert-OH is 1. The number of rotatable bonds is 5. The normalized spacial score (nSPS) is 17.8. The minimum atomic E-state index is -0.885. The van der Waals surface area contributed by atoms with Crippen molar-refractivity contribution in [3.63, 3.8) is 0 Å². The molecule has 1 aliphatic heterocycles. The molecule has 1 unspecified atom stereocenters. The fraction of sp³-hybridized carbons (Fsp3) is 0.259. The predicted molar refractivity (Wildman–Crippen MR) is 126 cm³/mol. The zero-order valence-electron chi connectivity index (χ0n) is 19.4. The molecule has 4 rings (SSSR count). The molecule has 33 heavy (non-hydrogen) atoms. The van der Waals surface area contributed by atoms with E-state index < -0.39 is 17.7 Å². The highest BCUT2D eigenvalue weighted by atomic mass is 16.5. The van der Waals surface area contributed by atoms with E-state index in [0.717, 1.165) is 11.1 Å². The van der Waals surface area contributed by atoms with E-state index in [1.165, 1.54) is 4.90 Å². The molecule has 2 aromatic carbocycles. The quantitative estimate of drug-likeness (QED) is 0.312. The third kappa shape index (κ3) is 3.82. The van der Waals surface area contributed by atoms with E-state index >= 15 is 0 Å². The van der Waals surface area contributed by atoms with E-state index in [1.54, 1.807) is 50.4 Å². The molecule has 1 fully saturated rings. The maximum absolute atomic E-state index is 13.3. The number of para-hydroxylation sites is 1. The maximum Gasteiger partial charge on any atom is 0.300 e. The highest BCUT2D eigenvalue weighted by molar-refractivity contribution is 6.51. The van der Waals surface area contributed by atoms with Crippen molar-refractivity contribution < 1.29 is 23.8 Å². The first kappa shape index (κ1) is 22.4. The molecule has 6 heteroatoms. The van der Waals surface area contributed by atoms with Crippen LogP contribution in [0.15, 0.2) is 64.6 Å². The maximum atomic E-state index is 13.3. The molecule has 1 amide bonds. The highest BCUT2D eigenvalue weighted by Crippen LogP contribution is 2.44. The number of hydrogen-bond acceptors (Lipinski definition) is 5. The van der Waals surface area contributed by atoms with Crippen LogP contribution in [0.3, 0.4) is 0 Å². The monoisotopic (exact) mass is 445 g/mol. The van der Waals surface area contributed by atoms with Crippen molar-refractivity contribution in [1.29, 1.82) is 0 Å². The molecular formula is C27H27NO5. The Morgan fingerprint density at radius 1 is 1.06 bits per heavy atom. The average Bonchev–Trinajstić information content (AvgIpc) is 3.34. The number of nitrogens with zero attached hydrogens (tertiary/aromatic N) is 1. The number of Topliss-reactive ketones (excluding diaryl/α,β-unsaturated/α-hetero) is 1. The standard InChI is InChI=1S/C27H27NO5/c1-15(2)19-14-18(11-13-21(19)32-5)25(29)23-24(22-12-10-17(4)33-22)28(27(31)26(23)30)20-9-7-6-8-16(20)3/h6-15,24,29H,1-5H3/b25-23-. The SMILES string of the molecule is COc1ccc(/C(O)=C2/C(=O)C(=O)N(c3ccccc3C)C2c2ccc(C)o2)cc1C(C)C. The van der Waals surface area contributed by atoms with Crippen LogP contribution in [0.1, 0.15) is 54.0 Å². The molecule has 0 bridgehead atoms. The van der Waals surface area contributed by atoms with Gasteiger partial charge in [0, 0.05) is 11.3 Å². The summed E-state index contributed by atoms with van der Waals surface area (Å²) in [6, 6.07) is 15.2. The number of methoxy groups -OCH3 is 1. The molecule has 0 saturated carbocycles. The van der Waals surface area contributed by atoms with Gasteiger partial charge in [-0.05, 0) is 67.3 Å². The Balaban J connectivity index is 1.95. The van der Waals surface area contributed by atoms with Gasteiger partial charge >= 0.3 is 0 Å². The second kappa shape index (κ2) is 8.62. The van der Waals surface area contributed by atoms with Gasteiger partial charge in [0.15, 0.2) is 0 Å². The Bertz CT molecular complexity index is 1270. The molecule has 1 aromatic heterocycles. The Morgan fingerprint density at radius 3 is 2.39 bits per heavy atom. The molecule has 1 saturated heterocycles. The summed E-state index contributed by atoms with van der Waals surface area (Å²) >= 11 is 0. The lowest BCUT2D eigenvalue weighted by molar-refractivity contribution is -0.132. The molecule has 2 heterocycles. The van der Waals surface area contributed by atoms with Gasteiger partial charge in [0.1, 0.15) is 29.1 Å². The summed E-state index contributed by atoms with van der Waals surface area (Å²) in [4.78, 5) is 27.9. The number of carbonyl (C=O) groups excluding carboxylic acids is 2. The molecule has 3 aromatic rings. The van der Waals surface area contributed by atoms with Crippen molar-refractivity contribution in [2.75, 3.05) is 12.0 Å². The Kier molecular flexibility index (Phi) is 5.85. The second-order valence-corrected chi connectivity index (χ2v) is 8.52. The third-order valence-corrected chi connectivity index (χ3v) is 5.98. The second-order valence-electron chi connectivity index (χ2n) is 8.52. The molecule has 170 valence electrons. The number of carbonyl (C=O) groups is 2. The molecule has 1 aliphatic rings. The molecule has 0 aliphatic carbocycles. The summed E-state index contributed by atoms with van der Waals surface area (Å²) in [6.45, 7) is 7.70. The molecule has 0 radical (unpaired) electrons. The molecule has 6 nitrogen and oxygen atoms in total. The number of benzene rings is 2. The number of furan rings is 1. The van der Waals surface area contributed by atoms with Crippen LogP contribution >= 0.6 is 0 Å². The lowest BCUT2D eigenvalue weighted by atomic mass is 9.95. The Morgan fingerprint density at radius 2 is 1.79 bits per heavy atom. The van der Waals surface area contributed by atoms with Gasteiger partial charge in [-0.25, -0.2) is 0 Å². The van der Waals surface area contributed by atoms with Gasteiger partial charge in [-0.2, -0.15) is 0 Å². The van der Waals surface area contributed by atoms with Crippen molar-refractivity contribution in [3.05, 3.63) is 88.4 Å². The summed E-state index contributed by atoms with van der Waals surface area (Å²) in [5.74, 6) is 0.180. The zero-order valence-corrected chi connectivity index (χ0v) is 19.4. The van der Waals surface area contributed by atoms with Crippen LogP contribution < -0.4 is 9.64 Å². The Hall–Kier alpha value is -3.80. The van der Waals surface area contributed by atoms with E-state index in [9.17, 15) is 14.7 Å². The summed E-state index contributed by atoms with van der Waals surface area (Å²) in [5.41, 5.74) is 2.75. The zero-order chi connectivity index (χ0) is 23.9. The molecule has 1 atom stereocenters. The number of aryl methyl sites for hydroxylation is 2. The predicted octanol–water partition coefficient (Wildman–Crippen LogP) is 5.65. The number of hydrogen-bond donors (Lipinski definition) is 1. The lowest BCUT2D eigenvalue weighted by Gasteiger charge is -2.25. The lowest BCUT2D eigenvalue weighted by Crippen LogP contribution is -2.29. The van der Waals surface area contributed by atoms with Gasteiger partial charge in [-0.3, -0.25) is 14.5 Å². The van der Waals surface area contributed by atoms with Crippen LogP contribution in [0.5, 0.6) is 5.75 Å². The number of ether oxygens (including phenoxy) is 1. The minimum absolute atomic E-state index is 0.00234. The number of amides is 1. The fourth-order valence-electron chi connectivity index (χ4n) is 4.27. The van der Waals surface area contributed by atoms with Gasteiger partial charge in [0.05, 0.1) is 12.7 Å². The minimum Gasteiger partial charge on any atom is -0.507 e. The summed E-state index contributed by atoms with van der Waals surface area (Å²) in [5, 5.41) is 11.3. The van der Waals surface area contributed by atoms with Crippen molar-refractivity contribution in [2.24, 2.45) is 0 Å². The number of aliphatic hydroxyl groups is 1. The van der Waals surface area contributed by atoms with E-state index in [-0.39, 0.29) is 17.3 Å². The van der Waals surface area contributed by atoms with Gasteiger partial charge in [0.2, 0.25) is 0 Å². The first-order chi connectivity index (χ1) is 15.7. The van der Waals surface area contributed by atoms with Crippen LogP contribution in [-0.2, 0) is 9.59 Å². The summed E-state index contributed by atoms with van der Waals surface area (Å²) in [7, 11) is 1.59. The average molecular weight is 446 g/mol. The van der Waals surface area contributed by atoms with Gasteiger partial charge in [-0.15, -0.1) is 0 Å². The van der Waals surface area contributed by atoms with Crippen LogP contribution in [0.2, 0.25) is 0 Å². The van der Waals surface area contributed by atoms with Crippen molar-refractivity contribution in [1.82, 2.24) is 0 Å². The van der Waals surface area contributed by atoms with E-state index in [2.05, 4.69) is 0 Å². The van der Waals surface area contributed by atoms with E-state index in [0.29, 0.717) is 28.5 Å². The van der Waals surface area contributed by atoms with Gasteiger partial charge in [0.25, 0.3) is 11.7 Å². The third-order valence-electron chi connectivity index (χ3n) is 5.98. The number of anilines is 1. The van der Waals surface area contributed by atoms with E-state index in [4.69, 9.17) is 9.15 Å². The summed E-state index contributed by atoms with van der Waals surface area (Å²) < 4.78 is 11.3. The summed E-state index contributed by atoms with van der Waals surface area (Å²) in [6.07, 6.45) is 0. The molecular weight excluding hydrogens is 418 g/mol. The topological polar surface area (TPSA) is 80.0 Å². The van der Waals surface area contributed by atoms with E-state index in [1.807, 2.05) is 39.0 Å². The van der Waals surface area contributed by atoms with Crippen LogP contribution in [0.4, 0.5) is 5.69 Å². The highest BCUT2D eigenvalue weighted by Gasteiger charge is 2.48. The smallest absolute Gasteiger partial charge is 0.300 e. The first-order valence-electron chi connectivity index (χ1n) is 10.9. The fourth-order valence-corrected chi connectivity index (χ4v) is 4.27. The van der Waals surface area contributed by atoms with Crippen molar-refractivity contribution >= 4 is 23.1 Å². The Labute approximate surface area is 193 Å². The van der Waals surface area contributed by atoms with Crippen LogP contribution in [-0.4, -0.2) is 23.9 Å². The van der Waals surface area contributed by atoms with Gasteiger partial charge < -0.3 is 14.3 Å². The van der Waals surface area contributed by atoms with Crippen LogP contribution in [0.25, 0.3) is 5.76 Å².